The van der Waals surface area contributed by atoms with Gasteiger partial charge in [0.25, 0.3) is 0 Å². The Balaban J connectivity index is 2.12. The number of hydrogen-bond donors (Lipinski definition) is 2. The topological polar surface area (TPSA) is 24.1 Å². The Labute approximate surface area is 140 Å². The second kappa shape index (κ2) is 7.12. The molecular weight excluding hydrogens is 323 g/mol. The van der Waals surface area contributed by atoms with E-state index in [4.69, 9.17) is 35.4 Å². The molecule has 21 heavy (non-hydrogen) atoms. The maximum Gasteiger partial charge on any atom is 0.175 e. The van der Waals surface area contributed by atoms with Crippen LogP contribution >= 0.6 is 35.4 Å². The summed E-state index contributed by atoms with van der Waals surface area (Å²) in [4.78, 5) is 0. The van der Waals surface area contributed by atoms with E-state index in [9.17, 15) is 0 Å². The van der Waals surface area contributed by atoms with Crippen LogP contribution in [-0.2, 0) is 0 Å². The number of halogens is 2. The fourth-order valence-corrected chi connectivity index (χ4v) is 2.66. The van der Waals surface area contributed by atoms with Gasteiger partial charge in [0, 0.05) is 10.7 Å². The number of rotatable bonds is 3. The van der Waals surface area contributed by atoms with Crippen LogP contribution in [0.3, 0.4) is 0 Å². The molecule has 0 unspecified atom stereocenters. The summed E-state index contributed by atoms with van der Waals surface area (Å²) >= 11 is 17.3. The number of para-hydroxylation sites is 1. The van der Waals surface area contributed by atoms with Crippen molar-refractivity contribution in [2.75, 3.05) is 10.6 Å². The van der Waals surface area contributed by atoms with Gasteiger partial charge >= 0.3 is 0 Å². The zero-order valence-corrected chi connectivity index (χ0v) is 14.1. The van der Waals surface area contributed by atoms with Gasteiger partial charge in [-0.2, -0.15) is 0 Å². The van der Waals surface area contributed by atoms with Crippen molar-refractivity contribution in [1.29, 1.82) is 0 Å². The van der Waals surface area contributed by atoms with Crippen molar-refractivity contribution in [3.8, 4) is 0 Å². The number of thiocarbonyl (C=S) groups is 1. The minimum atomic E-state index is 0.413. The molecule has 0 bridgehead atoms. The lowest BCUT2D eigenvalue weighted by Gasteiger charge is -2.16. The first-order chi connectivity index (χ1) is 9.97. The van der Waals surface area contributed by atoms with E-state index in [0.29, 0.717) is 21.1 Å². The summed E-state index contributed by atoms with van der Waals surface area (Å²) in [6.45, 7) is 4.29. The minimum Gasteiger partial charge on any atom is -0.332 e. The lowest BCUT2D eigenvalue weighted by molar-refractivity contribution is 0.869. The fourth-order valence-electron chi connectivity index (χ4n) is 1.98. The van der Waals surface area contributed by atoms with E-state index in [2.05, 4.69) is 30.5 Å². The maximum atomic E-state index is 6.12. The van der Waals surface area contributed by atoms with Crippen molar-refractivity contribution < 1.29 is 0 Å². The molecule has 0 amide bonds. The number of nitrogens with one attached hydrogen (secondary N) is 2. The normalized spacial score (nSPS) is 10.5. The molecule has 0 atom stereocenters. The lowest BCUT2D eigenvalue weighted by atomic mass is 10.0. The van der Waals surface area contributed by atoms with Crippen molar-refractivity contribution in [2.45, 2.75) is 19.8 Å². The van der Waals surface area contributed by atoms with Crippen LogP contribution in [0, 0.1) is 0 Å². The molecule has 2 rings (SSSR count). The molecule has 5 heteroatoms. The Morgan fingerprint density at radius 1 is 1.00 bits per heavy atom. The summed E-state index contributed by atoms with van der Waals surface area (Å²) in [5.74, 6) is 0.413. The standard InChI is InChI=1S/C16H16Cl2N2S/c1-10(2)12-5-3-4-6-14(12)19-16(21)20-15-8-7-11(17)9-13(15)18/h3-10H,1-2H3,(H2,19,20,21). The van der Waals surface area contributed by atoms with Crippen molar-refractivity contribution in [2.24, 2.45) is 0 Å². The lowest BCUT2D eigenvalue weighted by Crippen LogP contribution is -2.20. The predicted octanol–water partition coefficient (Wildman–Crippen LogP) is 5.93. The van der Waals surface area contributed by atoms with Crippen LogP contribution in [0.25, 0.3) is 0 Å². The molecule has 2 N–H and O–H groups in total. The third-order valence-electron chi connectivity index (χ3n) is 3.01. The zero-order chi connectivity index (χ0) is 15.4. The Hall–Kier alpha value is -1.29. The summed E-state index contributed by atoms with van der Waals surface area (Å²) in [6, 6.07) is 13.3. The Bertz CT molecular complexity index is 656. The molecule has 0 aliphatic heterocycles. The van der Waals surface area contributed by atoms with Gasteiger partial charge in [-0.3, -0.25) is 0 Å². The quantitative estimate of drug-likeness (QED) is 0.678. The molecular formula is C16H16Cl2N2S. The van der Waals surface area contributed by atoms with E-state index in [1.807, 2.05) is 18.2 Å². The average molecular weight is 339 g/mol. The number of anilines is 2. The van der Waals surface area contributed by atoms with Crippen LogP contribution in [0.2, 0.25) is 10.0 Å². The minimum absolute atomic E-state index is 0.413. The van der Waals surface area contributed by atoms with Gasteiger partial charge < -0.3 is 10.6 Å². The van der Waals surface area contributed by atoms with Crippen molar-refractivity contribution >= 4 is 51.9 Å². The smallest absolute Gasteiger partial charge is 0.175 e. The van der Waals surface area contributed by atoms with Crippen molar-refractivity contribution in [3.05, 3.63) is 58.1 Å². The molecule has 0 fully saturated rings. The Kier molecular flexibility index (Phi) is 5.45. The van der Waals surface area contributed by atoms with Gasteiger partial charge in [-0.25, -0.2) is 0 Å². The first-order valence-corrected chi connectivity index (χ1v) is 7.76. The molecule has 0 spiro atoms. The van der Waals surface area contributed by atoms with Crippen LogP contribution < -0.4 is 10.6 Å². The van der Waals surface area contributed by atoms with Crippen molar-refractivity contribution in [3.63, 3.8) is 0 Å². The monoisotopic (exact) mass is 338 g/mol. The molecule has 2 nitrogen and oxygen atoms in total. The molecule has 2 aromatic carbocycles. The summed E-state index contributed by atoms with van der Waals surface area (Å²) in [5.41, 5.74) is 2.93. The highest BCUT2D eigenvalue weighted by atomic mass is 35.5. The van der Waals surface area contributed by atoms with Crippen LogP contribution in [0.5, 0.6) is 0 Å². The van der Waals surface area contributed by atoms with E-state index < -0.39 is 0 Å². The summed E-state index contributed by atoms with van der Waals surface area (Å²) in [7, 11) is 0. The highest BCUT2D eigenvalue weighted by Crippen LogP contribution is 2.27. The van der Waals surface area contributed by atoms with Gasteiger partial charge in [0.1, 0.15) is 0 Å². The fraction of sp³-hybridized carbons (Fsp3) is 0.188. The van der Waals surface area contributed by atoms with Gasteiger partial charge in [0.15, 0.2) is 5.11 Å². The van der Waals surface area contributed by atoms with E-state index in [1.165, 1.54) is 5.56 Å². The SMILES string of the molecule is CC(C)c1ccccc1NC(=S)Nc1ccc(Cl)cc1Cl. The van der Waals surface area contributed by atoms with E-state index in [0.717, 1.165) is 11.4 Å². The van der Waals surface area contributed by atoms with Crippen LogP contribution in [0.4, 0.5) is 11.4 Å². The van der Waals surface area contributed by atoms with Crippen LogP contribution in [0.15, 0.2) is 42.5 Å². The van der Waals surface area contributed by atoms with Crippen LogP contribution in [0.1, 0.15) is 25.3 Å². The van der Waals surface area contributed by atoms with E-state index in [1.54, 1.807) is 18.2 Å². The van der Waals surface area contributed by atoms with Gasteiger partial charge in [-0.15, -0.1) is 0 Å². The molecule has 110 valence electrons. The first-order valence-electron chi connectivity index (χ1n) is 6.59. The van der Waals surface area contributed by atoms with Gasteiger partial charge in [0.2, 0.25) is 0 Å². The van der Waals surface area contributed by atoms with Crippen LogP contribution in [-0.4, -0.2) is 5.11 Å². The van der Waals surface area contributed by atoms with Gasteiger partial charge in [-0.05, 0) is 48.0 Å². The van der Waals surface area contributed by atoms with Gasteiger partial charge in [0.05, 0.1) is 10.7 Å². The van der Waals surface area contributed by atoms with Gasteiger partial charge in [-0.1, -0.05) is 55.2 Å². The molecule has 0 saturated heterocycles. The molecule has 2 aromatic rings. The average Bonchev–Trinajstić information content (AvgIpc) is 2.42. The van der Waals surface area contributed by atoms with E-state index in [-0.39, 0.29) is 0 Å². The third-order valence-corrected chi connectivity index (χ3v) is 3.76. The molecule has 0 heterocycles. The highest BCUT2D eigenvalue weighted by Gasteiger charge is 2.08. The molecule has 0 saturated carbocycles. The molecule has 0 aliphatic rings. The Morgan fingerprint density at radius 2 is 1.67 bits per heavy atom. The first kappa shape index (κ1) is 16.1. The largest absolute Gasteiger partial charge is 0.332 e. The maximum absolute atomic E-state index is 6.12. The molecule has 0 aromatic heterocycles. The third kappa shape index (κ3) is 4.34. The highest BCUT2D eigenvalue weighted by molar-refractivity contribution is 7.80. The summed E-state index contributed by atoms with van der Waals surface area (Å²) in [5, 5.41) is 7.91. The summed E-state index contributed by atoms with van der Waals surface area (Å²) < 4.78 is 0. The zero-order valence-electron chi connectivity index (χ0n) is 11.8. The molecule has 0 aliphatic carbocycles. The second-order valence-electron chi connectivity index (χ2n) is 4.95. The summed E-state index contributed by atoms with van der Waals surface area (Å²) in [6.07, 6.45) is 0. The number of benzene rings is 2. The Morgan fingerprint density at radius 3 is 2.33 bits per heavy atom. The number of hydrogen-bond acceptors (Lipinski definition) is 1. The van der Waals surface area contributed by atoms with Crippen molar-refractivity contribution in [1.82, 2.24) is 0 Å². The van der Waals surface area contributed by atoms with E-state index >= 15 is 0 Å². The predicted molar refractivity (Wildman–Crippen MR) is 96.8 cm³/mol. The molecule has 0 radical (unpaired) electrons. The second-order valence-corrected chi connectivity index (χ2v) is 6.20.